The van der Waals surface area contributed by atoms with Gasteiger partial charge in [-0.15, -0.1) is 0 Å². The van der Waals surface area contributed by atoms with E-state index in [1.54, 1.807) is 43.5 Å². The lowest BCUT2D eigenvalue weighted by Crippen LogP contribution is -2.17. The van der Waals surface area contributed by atoms with Crippen molar-refractivity contribution in [2.75, 3.05) is 14.2 Å². The van der Waals surface area contributed by atoms with E-state index < -0.39 is 11.8 Å². The van der Waals surface area contributed by atoms with E-state index in [-0.39, 0.29) is 23.0 Å². The molecule has 0 fully saturated rings. The first kappa shape index (κ1) is 21.5. The summed E-state index contributed by atoms with van der Waals surface area (Å²) in [5, 5.41) is 3.92. The van der Waals surface area contributed by atoms with Gasteiger partial charge in [-0.25, -0.2) is 14.6 Å². The number of nitrogens with zero attached hydrogens (tertiary/aromatic N) is 1. The number of rotatable bonds is 7. The minimum atomic E-state index is -0.717. The quantitative estimate of drug-likeness (QED) is 0.271. The molecule has 0 heterocycles. The van der Waals surface area contributed by atoms with E-state index in [1.807, 2.05) is 0 Å². The summed E-state index contributed by atoms with van der Waals surface area (Å²) in [6.07, 6.45) is 1.42. The molecule has 0 atom stereocenters. The van der Waals surface area contributed by atoms with Crippen LogP contribution in [0.15, 0.2) is 71.8 Å². The highest BCUT2D eigenvalue weighted by Gasteiger charge is 2.13. The number of hydrogen-bond donors (Lipinski definition) is 1. The zero-order valence-electron chi connectivity index (χ0n) is 16.8. The molecule has 0 spiro atoms. The van der Waals surface area contributed by atoms with Crippen LogP contribution in [0, 0.1) is 5.82 Å². The predicted molar refractivity (Wildman–Crippen MR) is 112 cm³/mol. The summed E-state index contributed by atoms with van der Waals surface area (Å²) in [5.74, 6) is -0.557. The lowest BCUT2D eigenvalue weighted by molar-refractivity contribution is 0.0729. The van der Waals surface area contributed by atoms with Crippen molar-refractivity contribution in [2.45, 2.75) is 0 Å². The summed E-state index contributed by atoms with van der Waals surface area (Å²) in [7, 11) is 2.96. The van der Waals surface area contributed by atoms with Gasteiger partial charge in [-0.05, 0) is 66.2 Å². The van der Waals surface area contributed by atoms with E-state index in [2.05, 4.69) is 10.5 Å². The Kier molecular flexibility index (Phi) is 6.95. The van der Waals surface area contributed by atoms with Crippen LogP contribution in [0.5, 0.6) is 17.2 Å². The van der Waals surface area contributed by atoms with Crippen LogP contribution in [-0.4, -0.2) is 32.3 Å². The zero-order valence-corrected chi connectivity index (χ0v) is 16.8. The molecule has 31 heavy (non-hydrogen) atoms. The number of ether oxygens (including phenoxy) is 3. The highest BCUT2D eigenvalue weighted by atomic mass is 19.1. The minimum absolute atomic E-state index is 0.0777. The van der Waals surface area contributed by atoms with Gasteiger partial charge in [0, 0.05) is 5.56 Å². The molecule has 7 nitrogen and oxygen atoms in total. The van der Waals surface area contributed by atoms with Crippen LogP contribution in [0.3, 0.4) is 0 Å². The Balaban J connectivity index is 1.66. The summed E-state index contributed by atoms with van der Waals surface area (Å²) >= 11 is 0. The summed E-state index contributed by atoms with van der Waals surface area (Å²) in [5.41, 5.74) is 3.52. The first-order chi connectivity index (χ1) is 15.0. The second kappa shape index (κ2) is 10.0. The molecule has 0 bridgehead atoms. The van der Waals surface area contributed by atoms with Crippen molar-refractivity contribution in [3.05, 3.63) is 89.2 Å². The number of nitrogens with one attached hydrogen (secondary N) is 1. The van der Waals surface area contributed by atoms with Gasteiger partial charge in [0.2, 0.25) is 0 Å². The second-order valence-corrected chi connectivity index (χ2v) is 6.24. The topological polar surface area (TPSA) is 86.2 Å². The molecule has 0 aromatic heterocycles. The van der Waals surface area contributed by atoms with Crippen LogP contribution in [0.4, 0.5) is 4.39 Å². The van der Waals surface area contributed by atoms with Crippen LogP contribution >= 0.6 is 0 Å². The van der Waals surface area contributed by atoms with Gasteiger partial charge in [0.25, 0.3) is 5.91 Å². The molecular weight excluding hydrogens is 403 g/mol. The second-order valence-electron chi connectivity index (χ2n) is 6.24. The van der Waals surface area contributed by atoms with Crippen molar-refractivity contribution in [2.24, 2.45) is 5.10 Å². The smallest absolute Gasteiger partial charge is 0.343 e. The van der Waals surface area contributed by atoms with Crippen LogP contribution in [0.2, 0.25) is 0 Å². The molecule has 0 aliphatic carbocycles. The number of benzene rings is 3. The molecule has 8 heteroatoms. The third-order valence-corrected chi connectivity index (χ3v) is 4.18. The Hall–Kier alpha value is -4.20. The molecule has 1 amide bonds. The number of carbonyl (C=O) groups is 2. The average molecular weight is 422 g/mol. The van der Waals surface area contributed by atoms with Gasteiger partial charge < -0.3 is 14.2 Å². The summed E-state index contributed by atoms with van der Waals surface area (Å²) < 4.78 is 28.9. The van der Waals surface area contributed by atoms with E-state index in [0.29, 0.717) is 16.9 Å². The molecule has 1 N–H and O–H groups in total. The fraction of sp³-hybridized carbons (Fsp3) is 0.0870. The third-order valence-electron chi connectivity index (χ3n) is 4.18. The molecule has 3 rings (SSSR count). The van der Waals surface area contributed by atoms with Crippen LogP contribution < -0.4 is 19.6 Å². The molecule has 0 unspecified atom stereocenters. The number of halogens is 1. The van der Waals surface area contributed by atoms with Gasteiger partial charge in [0.1, 0.15) is 11.6 Å². The summed E-state index contributed by atoms with van der Waals surface area (Å²) in [6.45, 7) is 0. The number of carbonyl (C=O) groups excluding carboxylic acids is 2. The van der Waals surface area contributed by atoms with E-state index in [4.69, 9.17) is 14.2 Å². The van der Waals surface area contributed by atoms with Crippen LogP contribution in [0.1, 0.15) is 26.3 Å². The first-order valence-electron chi connectivity index (χ1n) is 9.13. The largest absolute Gasteiger partial charge is 0.497 e. The molecule has 0 saturated carbocycles. The number of amides is 1. The van der Waals surface area contributed by atoms with E-state index in [1.165, 1.54) is 37.6 Å². The van der Waals surface area contributed by atoms with Crippen molar-refractivity contribution in [3.8, 4) is 17.2 Å². The maximum Gasteiger partial charge on any atom is 0.343 e. The fourth-order valence-corrected chi connectivity index (χ4v) is 2.60. The molecule has 0 saturated heterocycles. The van der Waals surface area contributed by atoms with Gasteiger partial charge in [-0.1, -0.05) is 6.07 Å². The van der Waals surface area contributed by atoms with Gasteiger partial charge in [0.15, 0.2) is 11.5 Å². The van der Waals surface area contributed by atoms with Gasteiger partial charge >= 0.3 is 5.97 Å². The standard InChI is InChI=1S/C23H19FN2O5/c1-29-19-9-7-16(8-10-19)22(27)26-25-14-15-6-11-20(21(12-15)30-2)31-23(28)17-4-3-5-18(24)13-17/h3-14H,1-2H3,(H,26,27). The van der Waals surface area contributed by atoms with Gasteiger partial charge in [-0.3, -0.25) is 4.79 Å². The highest BCUT2D eigenvalue weighted by molar-refractivity contribution is 5.95. The van der Waals surface area contributed by atoms with Crippen molar-refractivity contribution >= 4 is 18.1 Å². The van der Waals surface area contributed by atoms with Gasteiger partial charge in [-0.2, -0.15) is 5.10 Å². The third kappa shape index (κ3) is 5.66. The van der Waals surface area contributed by atoms with Crippen LogP contribution in [0.25, 0.3) is 0 Å². The lowest BCUT2D eigenvalue weighted by Gasteiger charge is -2.10. The molecular formula is C23H19FN2O5. The minimum Gasteiger partial charge on any atom is -0.497 e. The maximum atomic E-state index is 13.3. The first-order valence-corrected chi connectivity index (χ1v) is 9.13. The van der Waals surface area contributed by atoms with Gasteiger partial charge in [0.05, 0.1) is 26.0 Å². The molecule has 0 aliphatic heterocycles. The Labute approximate surface area is 178 Å². The summed E-state index contributed by atoms with van der Waals surface area (Å²) in [6, 6.07) is 16.5. The molecule has 3 aromatic carbocycles. The Morgan fingerprint density at radius 3 is 2.35 bits per heavy atom. The molecule has 158 valence electrons. The summed E-state index contributed by atoms with van der Waals surface area (Å²) in [4.78, 5) is 24.3. The Morgan fingerprint density at radius 2 is 1.68 bits per heavy atom. The molecule has 0 radical (unpaired) electrons. The van der Waals surface area contributed by atoms with E-state index in [9.17, 15) is 14.0 Å². The van der Waals surface area contributed by atoms with Crippen molar-refractivity contribution < 1.29 is 28.2 Å². The average Bonchev–Trinajstić information content (AvgIpc) is 2.79. The number of esters is 1. The fourth-order valence-electron chi connectivity index (χ4n) is 2.60. The monoisotopic (exact) mass is 422 g/mol. The maximum absolute atomic E-state index is 13.3. The normalized spacial score (nSPS) is 10.5. The van der Waals surface area contributed by atoms with Crippen LogP contribution in [-0.2, 0) is 0 Å². The predicted octanol–water partition coefficient (Wildman–Crippen LogP) is 3.83. The number of hydrogen-bond acceptors (Lipinski definition) is 6. The number of methoxy groups -OCH3 is 2. The Morgan fingerprint density at radius 1 is 0.903 bits per heavy atom. The van der Waals surface area contributed by atoms with Crippen molar-refractivity contribution in [3.63, 3.8) is 0 Å². The van der Waals surface area contributed by atoms with E-state index >= 15 is 0 Å². The van der Waals surface area contributed by atoms with Crippen molar-refractivity contribution in [1.29, 1.82) is 0 Å². The number of hydrazone groups is 1. The van der Waals surface area contributed by atoms with E-state index in [0.717, 1.165) is 6.07 Å². The lowest BCUT2D eigenvalue weighted by atomic mass is 10.2. The van der Waals surface area contributed by atoms with Crippen molar-refractivity contribution in [1.82, 2.24) is 5.43 Å². The zero-order chi connectivity index (χ0) is 22.2. The molecule has 3 aromatic rings. The Bertz CT molecular complexity index is 1110. The highest BCUT2D eigenvalue weighted by Crippen LogP contribution is 2.28. The molecule has 0 aliphatic rings. The SMILES string of the molecule is COc1ccc(C(=O)NN=Cc2ccc(OC(=O)c3cccc(F)c3)c(OC)c2)cc1.